The summed E-state index contributed by atoms with van der Waals surface area (Å²) in [6, 6.07) is 3.69. The Kier molecular flexibility index (Phi) is 6.44. The highest BCUT2D eigenvalue weighted by Gasteiger charge is 2.07. The molecule has 0 bridgehead atoms. The topological polar surface area (TPSA) is 54.0 Å². The molecule has 0 aromatic carbocycles. The maximum absolute atomic E-state index is 12.1. The molecule has 1 amide bonds. The summed E-state index contributed by atoms with van der Waals surface area (Å²) in [4.78, 5) is 16.4. The van der Waals surface area contributed by atoms with Crippen LogP contribution in [-0.4, -0.2) is 24.0 Å². The molecular formula is C18H27N3O. The summed E-state index contributed by atoms with van der Waals surface area (Å²) >= 11 is 0. The Hall–Kier alpha value is -1.84. The quantitative estimate of drug-likeness (QED) is 0.754. The molecule has 0 unspecified atom stereocenters. The number of carbonyl (C=O) groups is 1. The molecular weight excluding hydrogens is 274 g/mol. The van der Waals surface area contributed by atoms with Crippen LogP contribution in [-0.2, 0) is 0 Å². The summed E-state index contributed by atoms with van der Waals surface area (Å²) in [5.41, 5.74) is 2.10. The maximum Gasteiger partial charge on any atom is 0.252 e. The molecule has 1 aromatic rings. The third-order valence-electron chi connectivity index (χ3n) is 3.83. The molecule has 22 heavy (non-hydrogen) atoms. The highest BCUT2D eigenvalue weighted by Crippen LogP contribution is 2.19. The Labute approximate surface area is 133 Å². The summed E-state index contributed by atoms with van der Waals surface area (Å²) in [6.07, 6.45) is 9.90. The van der Waals surface area contributed by atoms with E-state index in [1.807, 2.05) is 12.1 Å². The van der Waals surface area contributed by atoms with Crippen molar-refractivity contribution in [2.45, 2.75) is 46.0 Å². The maximum atomic E-state index is 12.1. The van der Waals surface area contributed by atoms with Crippen LogP contribution in [0, 0.1) is 5.92 Å². The normalized spacial score (nSPS) is 14.6. The first-order valence-electron chi connectivity index (χ1n) is 8.31. The Balaban J connectivity index is 1.75. The van der Waals surface area contributed by atoms with Crippen molar-refractivity contribution in [3.63, 3.8) is 0 Å². The largest absolute Gasteiger partial charge is 0.370 e. The molecule has 0 saturated carbocycles. The standard InChI is InChI=1S/C18H27N3O/c1-14(2)12-20-17-9-8-16(13-21-17)18(22)19-11-10-15-6-4-3-5-7-15/h6,8-9,13-14H,3-5,7,10-12H2,1-2H3,(H,19,22)(H,20,21). The predicted molar refractivity (Wildman–Crippen MR) is 91.1 cm³/mol. The monoisotopic (exact) mass is 301 g/mol. The lowest BCUT2D eigenvalue weighted by Crippen LogP contribution is -2.25. The van der Waals surface area contributed by atoms with Gasteiger partial charge in [0.05, 0.1) is 5.56 Å². The van der Waals surface area contributed by atoms with Gasteiger partial charge in [-0.05, 0) is 50.2 Å². The van der Waals surface area contributed by atoms with Crippen LogP contribution >= 0.6 is 0 Å². The van der Waals surface area contributed by atoms with Crippen molar-refractivity contribution in [3.8, 4) is 0 Å². The molecule has 0 spiro atoms. The van der Waals surface area contributed by atoms with Gasteiger partial charge >= 0.3 is 0 Å². The first-order chi connectivity index (χ1) is 10.6. The second-order valence-electron chi connectivity index (χ2n) is 6.32. The number of amides is 1. The van der Waals surface area contributed by atoms with E-state index in [1.54, 1.807) is 6.20 Å². The first-order valence-corrected chi connectivity index (χ1v) is 8.31. The smallest absolute Gasteiger partial charge is 0.252 e. The van der Waals surface area contributed by atoms with Gasteiger partial charge in [-0.15, -0.1) is 0 Å². The van der Waals surface area contributed by atoms with Gasteiger partial charge in [0.15, 0.2) is 0 Å². The van der Waals surface area contributed by atoms with Gasteiger partial charge in [-0.1, -0.05) is 25.5 Å². The van der Waals surface area contributed by atoms with Crippen LogP contribution in [0.15, 0.2) is 30.0 Å². The summed E-state index contributed by atoms with van der Waals surface area (Å²) in [5.74, 6) is 1.34. The number of nitrogens with zero attached hydrogens (tertiary/aromatic N) is 1. The summed E-state index contributed by atoms with van der Waals surface area (Å²) < 4.78 is 0. The van der Waals surface area contributed by atoms with Crippen LogP contribution < -0.4 is 10.6 Å². The van der Waals surface area contributed by atoms with Gasteiger partial charge in [0, 0.05) is 19.3 Å². The van der Waals surface area contributed by atoms with Crippen LogP contribution in [0.2, 0.25) is 0 Å². The van der Waals surface area contributed by atoms with E-state index in [-0.39, 0.29) is 5.91 Å². The Morgan fingerprint density at radius 3 is 2.82 bits per heavy atom. The van der Waals surface area contributed by atoms with Crippen molar-refractivity contribution in [2.75, 3.05) is 18.4 Å². The van der Waals surface area contributed by atoms with Crippen molar-refractivity contribution in [1.82, 2.24) is 10.3 Å². The van der Waals surface area contributed by atoms with Crippen LogP contribution in [0.1, 0.15) is 56.3 Å². The number of anilines is 1. The molecule has 2 rings (SSSR count). The van der Waals surface area contributed by atoms with Crippen molar-refractivity contribution in [2.24, 2.45) is 5.92 Å². The minimum atomic E-state index is -0.0423. The zero-order valence-electron chi connectivity index (χ0n) is 13.7. The van der Waals surface area contributed by atoms with E-state index < -0.39 is 0 Å². The summed E-state index contributed by atoms with van der Waals surface area (Å²) in [5, 5.41) is 6.22. The number of aromatic nitrogens is 1. The number of nitrogens with one attached hydrogen (secondary N) is 2. The zero-order chi connectivity index (χ0) is 15.8. The van der Waals surface area contributed by atoms with E-state index in [2.05, 4.69) is 35.5 Å². The molecule has 0 saturated heterocycles. The van der Waals surface area contributed by atoms with Gasteiger partial charge in [-0.2, -0.15) is 0 Å². The molecule has 1 aromatic heterocycles. The lowest BCUT2D eigenvalue weighted by molar-refractivity contribution is 0.0953. The minimum absolute atomic E-state index is 0.0423. The molecule has 0 atom stereocenters. The van der Waals surface area contributed by atoms with Crippen LogP contribution in [0.5, 0.6) is 0 Å². The highest BCUT2D eigenvalue weighted by atomic mass is 16.1. The molecule has 1 aliphatic rings. The van der Waals surface area contributed by atoms with Gasteiger partial charge < -0.3 is 10.6 Å². The number of carbonyl (C=O) groups excluding carboxylic acids is 1. The van der Waals surface area contributed by atoms with Gasteiger partial charge in [0.1, 0.15) is 5.82 Å². The molecule has 0 radical (unpaired) electrons. The van der Waals surface area contributed by atoms with Crippen LogP contribution in [0.25, 0.3) is 0 Å². The fourth-order valence-corrected chi connectivity index (χ4v) is 2.51. The minimum Gasteiger partial charge on any atom is -0.370 e. The van der Waals surface area contributed by atoms with E-state index in [0.717, 1.165) is 18.8 Å². The highest BCUT2D eigenvalue weighted by molar-refractivity contribution is 5.94. The lowest BCUT2D eigenvalue weighted by atomic mass is 9.97. The fourth-order valence-electron chi connectivity index (χ4n) is 2.51. The van der Waals surface area contributed by atoms with Crippen molar-refractivity contribution in [1.29, 1.82) is 0 Å². The van der Waals surface area contributed by atoms with E-state index >= 15 is 0 Å². The van der Waals surface area contributed by atoms with Crippen molar-refractivity contribution in [3.05, 3.63) is 35.5 Å². The fraction of sp³-hybridized carbons (Fsp3) is 0.556. The zero-order valence-corrected chi connectivity index (χ0v) is 13.7. The van der Waals surface area contributed by atoms with E-state index in [1.165, 1.54) is 31.3 Å². The third-order valence-corrected chi connectivity index (χ3v) is 3.83. The molecule has 0 fully saturated rings. The van der Waals surface area contributed by atoms with Gasteiger partial charge in [0.25, 0.3) is 5.91 Å². The first kappa shape index (κ1) is 16.5. The van der Waals surface area contributed by atoms with Crippen LogP contribution in [0.4, 0.5) is 5.82 Å². The number of pyridine rings is 1. The van der Waals surface area contributed by atoms with E-state index in [9.17, 15) is 4.79 Å². The number of rotatable bonds is 7. The predicted octanol–water partition coefficient (Wildman–Crippen LogP) is 3.77. The molecule has 1 aliphatic carbocycles. The Morgan fingerprint density at radius 2 is 2.18 bits per heavy atom. The van der Waals surface area contributed by atoms with Gasteiger partial charge in [0.2, 0.25) is 0 Å². The molecule has 4 nitrogen and oxygen atoms in total. The lowest BCUT2D eigenvalue weighted by Gasteiger charge is -2.13. The Bertz CT molecular complexity index is 506. The molecule has 120 valence electrons. The van der Waals surface area contributed by atoms with E-state index in [0.29, 0.717) is 18.0 Å². The summed E-state index contributed by atoms with van der Waals surface area (Å²) in [7, 11) is 0. The van der Waals surface area contributed by atoms with Gasteiger partial charge in [-0.3, -0.25) is 4.79 Å². The van der Waals surface area contributed by atoms with Crippen LogP contribution in [0.3, 0.4) is 0 Å². The average molecular weight is 301 g/mol. The van der Waals surface area contributed by atoms with Crippen molar-refractivity contribution >= 4 is 11.7 Å². The molecule has 4 heteroatoms. The number of allylic oxidation sites excluding steroid dienone is 1. The third kappa shape index (κ3) is 5.51. The average Bonchev–Trinajstić information content (AvgIpc) is 2.54. The SMILES string of the molecule is CC(C)CNc1ccc(C(=O)NCCC2=CCCCC2)cn1. The second-order valence-corrected chi connectivity index (χ2v) is 6.32. The van der Waals surface area contributed by atoms with Gasteiger partial charge in [-0.25, -0.2) is 4.98 Å². The molecule has 1 heterocycles. The van der Waals surface area contributed by atoms with E-state index in [4.69, 9.17) is 0 Å². The molecule has 2 N–H and O–H groups in total. The van der Waals surface area contributed by atoms with Crippen molar-refractivity contribution < 1.29 is 4.79 Å². The number of hydrogen-bond acceptors (Lipinski definition) is 3. The molecule has 0 aliphatic heterocycles. The number of hydrogen-bond donors (Lipinski definition) is 2. The Morgan fingerprint density at radius 1 is 1.32 bits per heavy atom. The summed E-state index contributed by atoms with van der Waals surface area (Å²) in [6.45, 7) is 5.89. The second kappa shape index (κ2) is 8.57.